The third kappa shape index (κ3) is 3.88. The summed E-state index contributed by atoms with van der Waals surface area (Å²) in [6.45, 7) is 2.99. The third-order valence-corrected chi connectivity index (χ3v) is 4.95. The lowest BCUT2D eigenvalue weighted by Gasteiger charge is -2.31. The van der Waals surface area contributed by atoms with Crippen molar-refractivity contribution in [1.82, 2.24) is 9.88 Å². The number of nitrogens with zero attached hydrogens (tertiary/aromatic N) is 2. The first-order chi connectivity index (χ1) is 9.61. The van der Waals surface area contributed by atoms with E-state index in [1.54, 1.807) is 11.3 Å². The van der Waals surface area contributed by atoms with E-state index in [1.807, 2.05) is 18.3 Å². The number of hydrogen-bond donors (Lipinski definition) is 1. The maximum Gasteiger partial charge on any atom is 0.0701 e. The van der Waals surface area contributed by atoms with Crippen LogP contribution in [0.4, 0.5) is 0 Å². The molecule has 2 aromatic rings. The van der Waals surface area contributed by atoms with E-state index in [2.05, 4.69) is 57.3 Å². The summed E-state index contributed by atoms with van der Waals surface area (Å²) in [4.78, 5) is 6.77. The Labute approximate surface area is 133 Å². The summed E-state index contributed by atoms with van der Waals surface area (Å²) in [7, 11) is 2.11. The molecule has 0 radical (unpaired) electrons. The zero-order valence-corrected chi connectivity index (χ0v) is 14.2. The van der Waals surface area contributed by atoms with E-state index in [0.29, 0.717) is 0 Å². The molecule has 2 N–H and O–H groups in total. The molecule has 5 heteroatoms. The number of aromatic nitrogens is 1. The first-order valence-electron chi connectivity index (χ1n) is 6.71. The van der Waals surface area contributed by atoms with Gasteiger partial charge in [-0.1, -0.05) is 13.0 Å². The van der Waals surface area contributed by atoms with Crippen molar-refractivity contribution in [1.29, 1.82) is 0 Å². The second-order valence-corrected chi connectivity index (χ2v) is 7.24. The average Bonchev–Trinajstić information content (AvgIpc) is 2.85. The molecular weight excluding hydrogens is 334 g/mol. The third-order valence-electron chi connectivity index (χ3n) is 3.40. The Kier molecular flexibility index (Phi) is 5.72. The van der Waals surface area contributed by atoms with Crippen LogP contribution in [-0.2, 0) is 6.54 Å². The summed E-state index contributed by atoms with van der Waals surface area (Å²) < 4.78 is 1.16. The number of pyridine rings is 1. The molecule has 2 atom stereocenters. The van der Waals surface area contributed by atoms with Gasteiger partial charge in [0.1, 0.15) is 0 Å². The first-order valence-corrected chi connectivity index (χ1v) is 8.38. The summed E-state index contributed by atoms with van der Waals surface area (Å²) in [5, 5.41) is 2.17. The maximum atomic E-state index is 6.32. The molecule has 0 saturated carbocycles. The molecule has 2 unspecified atom stereocenters. The van der Waals surface area contributed by atoms with E-state index in [1.165, 1.54) is 5.56 Å². The minimum absolute atomic E-state index is 0.0805. The SMILES string of the molecule is CCC(N)C(c1ccccn1)N(C)Cc1csc(Br)c1. The minimum Gasteiger partial charge on any atom is -0.326 e. The largest absolute Gasteiger partial charge is 0.326 e. The molecule has 0 fully saturated rings. The lowest BCUT2D eigenvalue weighted by atomic mass is 10.0. The van der Waals surface area contributed by atoms with Crippen LogP contribution >= 0.6 is 27.3 Å². The van der Waals surface area contributed by atoms with E-state index in [9.17, 15) is 0 Å². The van der Waals surface area contributed by atoms with Gasteiger partial charge in [-0.3, -0.25) is 9.88 Å². The number of nitrogens with two attached hydrogens (primary N) is 1. The van der Waals surface area contributed by atoms with Gasteiger partial charge in [0.2, 0.25) is 0 Å². The van der Waals surface area contributed by atoms with Gasteiger partial charge in [0, 0.05) is 18.8 Å². The van der Waals surface area contributed by atoms with Crippen LogP contribution in [0.15, 0.2) is 39.6 Å². The van der Waals surface area contributed by atoms with Gasteiger partial charge in [0.25, 0.3) is 0 Å². The molecule has 0 aliphatic heterocycles. The molecule has 0 bridgehead atoms. The molecule has 0 aromatic carbocycles. The molecule has 0 aliphatic rings. The Balaban J connectivity index is 2.18. The molecule has 108 valence electrons. The molecule has 3 nitrogen and oxygen atoms in total. The second kappa shape index (κ2) is 7.31. The number of halogens is 1. The zero-order valence-electron chi connectivity index (χ0n) is 11.8. The molecule has 2 rings (SSSR count). The average molecular weight is 354 g/mol. The quantitative estimate of drug-likeness (QED) is 0.858. The summed E-state index contributed by atoms with van der Waals surface area (Å²) in [5.41, 5.74) is 8.66. The number of likely N-dealkylation sites (N-methyl/N-ethyl adjacent to an activating group) is 1. The van der Waals surface area contributed by atoms with Crippen LogP contribution in [0.25, 0.3) is 0 Å². The fourth-order valence-electron chi connectivity index (χ4n) is 2.36. The lowest BCUT2D eigenvalue weighted by molar-refractivity contribution is 0.197. The van der Waals surface area contributed by atoms with E-state index < -0.39 is 0 Å². The minimum atomic E-state index is 0.0805. The molecule has 2 aromatic heterocycles. The zero-order chi connectivity index (χ0) is 14.5. The molecular formula is C15H20BrN3S. The lowest BCUT2D eigenvalue weighted by Crippen LogP contribution is -2.39. The van der Waals surface area contributed by atoms with E-state index in [0.717, 1.165) is 22.4 Å². The Hall–Kier alpha value is -0.750. The van der Waals surface area contributed by atoms with Crippen molar-refractivity contribution in [2.75, 3.05) is 7.05 Å². The highest BCUT2D eigenvalue weighted by molar-refractivity contribution is 9.11. The van der Waals surface area contributed by atoms with Gasteiger partial charge < -0.3 is 5.73 Å². The van der Waals surface area contributed by atoms with Crippen molar-refractivity contribution in [3.05, 3.63) is 50.9 Å². The molecule has 0 spiro atoms. The predicted molar refractivity (Wildman–Crippen MR) is 88.7 cm³/mol. The van der Waals surface area contributed by atoms with Crippen molar-refractivity contribution in [2.45, 2.75) is 32.0 Å². The molecule has 2 heterocycles. The van der Waals surface area contributed by atoms with Gasteiger partial charge in [-0.05, 0) is 58.5 Å². The van der Waals surface area contributed by atoms with Crippen LogP contribution in [0.2, 0.25) is 0 Å². The Morgan fingerprint density at radius 2 is 2.25 bits per heavy atom. The van der Waals surface area contributed by atoms with Crippen molar-refractivity contribution >= 4 is 27.3 Å². The maximum absolute atomic E-state index is 6.32. The number of thiophene rings is 1. The van der Waals surface area contributed by atoms with Crippen molar-refractivity contribution in [2.24, 2.45) is 5.73 Å². The van der Waals surface area contributed by atoms with Crippen molar-refractivity contribution in [3.8, 4) is 0 Å². The van der Waals surface area contributed by atoms with Crippen LogP contribution in [0.5, 0.6) is 0 Å². The van der Waals surface area contributed by atoms with Crippen LogP contribution in [-0.4, -0.2) is 23.0 Å². The van der Waals surface area contributed by atoms with Gasteiger partial charge in [0.05, 0.1) is 15.5 Å². The fourth-order valence-corrected chi connectivity index (χ4v) is 3.56. The Morgan fingerprint density at radius 1 is 1.45 bits per heavy atom. The number of hydrogen-bond acceptors (Lipinski definition) is 4. The highest BCUT2D eigenvalue weighted by Crippen LogP contribution is 2.26. The molecule has 0 aliphatic carbocycles. The van der Waals surface area contributed by atoms with Crippen LogP contribution in [0.3, 0.4) is 0 Å². The van der Waals surface area contributed by atoms with E-state index in [-0.39, 0.29) is 12.1 Å². The molecule has 20 heavy (non-hydrogen) atoms. The second-order valence-electron chi connectivity index (χ2n) is 4.95. The smallest absolute Gasteiger partial charge is 0.0701 e. The van der Waals surface area contributed by atoms with Crippen molar-refractivity contribution in [3.63, 3.8) is 0 Å². The predicted octanol–water partition coefficient (Wildman–Crippen LogP) is 3.82. The Morgan fingerprint density at radius 3 is 2.80 bits per heavy atom. The van der Waals surface area contributed by atoms with Crippen molar-refractivity contribution < 1.29 is 0 Å². The molecule has 0 amide bonds. The summed E-state index contributed by atoms with van der Waals surface area (Å²) in [6.07, 6.45) is 2.76. The Bertz CT molecular complexity index is 529. The highest BCUT2D eigenvalue weighted by atomic mass is 79.9. The topological polar surface area (TPSA) is 42.1 Å². The summed E-state index contributed by atoms with van der Waals surface area (Å²) in [6, 6.07) is 8.39. The van der Waals surface area contributed by atoms with E-state index >= 15 is 0 Å². The monoisotopic (exact) mass is 353 g/mol. The fraction of sp³-hybridized carbons (Fsp3) is 0.400. The summed E-state index contributed by atoms with van der Waals surface area (Å²) in [5.74, 6) is 0. The highest BCUT2D eigenvalue weighted by Gasteiger charge is 2.24. The number of rotatable bonds is 6. The van der Waals surface area contributed by atoms with Gasteiger partial charge in [0.15, 0.2) is 0 Å². The van der Waals surface area contributed by atoms with Gasteiger partial charge >= 0.3 is 0 Å². The van der Waals surface area contributed by atoms with Gasteiger partial charge in [-0.25, -0.2) is 0 Å². The summed E-state index contributed by atoms with van der Waals surface area (Å²) >= 11 is 5.22. The van der Waals surface area contributed by atoms with Gasteiger partial charge in [-0.15, -0.1) is 11.3 Å². The van der Waals surface area contributed by atoms with Crippen LogP contribution in [0, 0.1) is 0 Å². The van der Waals surface area contributed by atoms with Crippen LogP contribution in [0.1, 0.15) is 30.6 Å². The normalized spacial score (nSPS) is 14.4. The van der Waals surface area contributed by atoms with E-state index in [4.69, 9.17) is 5.73 Å². The first kappa shape index (κ1) is 15.6. The standard InChI is InChI=1S/C15H20BrN3S/c1-3-12(17)15(13-6-4-5-7-18-13)19(2)9-11-8-14(16)20-10-11/h4-8,10,12,15H,3,9,17H2,1-2H3. The van der Waals surface area contributed by atoms with Gasteiger partial charge in [-0.2, -0.15) is 0 Å². The molecule has 0 saturated heterocycles. The van der Waals surface area contributed by atoms with Crippen LogP contribution < -0.4 is 5.73 Å².